The first-order chi connectivity index (χ1) is 15.6. The third-order valence-corrected chi connectivity index (χ3v) is 6.41. The van der Waals surface area contributed by atoms with Gasteiger partial charge in [0, 0.05) is 27.7 Å². The minimum Gasteiger partial charge on any atom is -0.350 e. The lowest BCUT2D eigenvalue weighted by molar-refractivity contribution is -0.133. The summed E-state index contributed by atoms with van der Waals surface area (Å²) >= 11 is 1.61. The fourth-order valence-corrected chi connectivity index (χ4v) is 4.63. The van der Waals surface area contributed by atoms with Crippen molar-refractivity contribution in [2.75, 3.05) is 0 Å². The third kappa shape index (κ3) is 3.94. The number of H-pyrrole nitrogens is 1. The topological polar surface area (TPSA) is 71.0 Å². The molecule has 0 atom stereocenters. The second-order valence-electron chi connectivity index (χ2n) is 7.88. The highest BCUT2D eigenvalue weighted by Gasteiger charge is 2.18. The quantitative estimate of drug-likeness (QED) is 0.422. The first-order valence-corrected chi connectivity index (χ1v) is 11.3. The monoisotopic (exact) mass is 442 g/mol. The maximum atomic E-state index is 13.3. The van der Waals surface area contributed by atoms with Gasteiger partial charge in [-0.05, 0) is 36.1 Å². The van der Waals surface area contributed by atoms with Gasteiger partial charge in [0.2, 0.25) is 5.91 Å². The summed E-state index contributed by atoms with van der Waals surface area (Å²) < 4.78 is 1.25. The number of aryl methyl sites for hydroxylation is 1. The molecule has 0 radical (unpaired) electrons. The van der Waals surface area contributed by atoms with Crippen molar-refractivity contribution < 1.29 is 4.79 Å². The predicted octanol–water partition coefficient (Wildman–Crippen LogP) is 4.48. The van der Waals surface area contributed by atoms with Gasteiger partial charge in [-0.25, -0.2) is 4.68 Å². The van der Waals surface area contributed by atoms with Crippen LogP contribution >= 0.6 is 11.3 Å². The summed E-state index contributed by atoms with van der Waals surface area (Å²) in [6, 6.07) is 19.8. The van der Waals surface area contributed by atoms with E-state index in [9.17, 15) is 9.59 Å². The molecule has 0 saturated heterocycles. The molecule has 0 bridgehead atoms. The van der Waals surface area contributed by atoms with Gasteiger partial charge in [-0.2, -0.15) is 5.10 Å². The number of carbonyl (C=O) groups excluding carboxylic acids is 1. The van der Waals surface area contributed by atoms with Crippen LogP contribution in [-0.4, -0.2) is 25.6 Å². The van der Waals surface area contributed by atoms with Gasteiger partial charge < -0.3 is 9.88 Å². The third-order valence-electron chi connectivity index (χ3n) is 5.55. The smallest absolute Gasteiger partial charge is 0.291 e. The molecular formula is C25H22N4O2S. The van der Waals surface area contributed by atoms with Gasteiger partial charge in [0.15, 0.2) is 0 Å². The van der Waals surface area contributed by atoms with E-state index < -0.39 is 0 Å². The zero-order valence-corrected chi connectivity index (χ0v) is 18.4. The highest BCUT2D eigenvalue weighted by molar-refractivity contribution is 7.09. The summed E-state index contributed by atoms with van der Waals surface area (Å²) in [6.07, 6.45) is 1.67. The number of thiophene rings is 1. The first-order valence-electron chi connectivity index (χ1n) is 10.4. The maximum Gasteiger partial charge on any atom is 0.291 e. The van der Waals surface area contributed by atoms with Gasteiger partial charge in [-0.1, -0.05) is 48.0 Å². The van der Waals surface area contributed by atoms with E-state index in [0.717, 1.165) is 32.3 Å². The standard InChI is InChI=1S/C25H22N4O2S/c1-17-9-10-22-20(12-17)21-13-26-29(25(31)24(21)27-22)16-23(30)28(15-19-8-5-11-32-19)14-18-6-3-2-4-7-18/h2-13,27H,14-16H2,1H3. The first kappa shape index (κ1) is 20.2. The lowest BCUT2D eigenvalue weighted by atomic mass is 10.1. The van der Waals surface area contributed by atoms with Gasteiger partial charge >= 0.3 is 0 Å². The molecule has 160 valence electrons. The highest BCUT2D eigenvalue weighted by Crippen LogP contribution is 2.23. The molecule has 0 aliphatic carbocycles. The number of aromatic amines is 1. The fourth-order valence-electron chi connectivity index (χ4n) is 3.91. The zero-order valence-electron chi connectivity index (χ0n) is 17.6. The number of hydrogen-bond acceptors (Lipinski definition) is 4. The molecule has 2 aromatic carbocycles. The van der Waals surface area contributed by atoms with Crippen LogP contribution in [0.25, 0.3) is 21.8 Å². The van der Waals surface area contributed by atoms with Crippen molar-refractivity contribution in [1.29, 1.82) is 0 Å². The summed E-state index contributed by atoms with van der Waals surface area (Å²) in [4.78, 5) is 32.4. The van der Waals surface area contributed by atoms with Crippen LogP contribution < -0.4 is 5.56 Å². The molecular weight excluding hydrogens is 420 g/mol. The molecule has 1 N–H and O–H groups in total. The average Bonchev–Trinajstić information content (AvgIpc) is 3.44. The van der Waals surface area contributed by atoms with Crippen LogP contribution in [0.2, 0.25) is 0 Å². The number of nitrogens with one attached hydrogen (secondary N) is 1. The number of carbonyl (C=O) groups is 1. The Morgan fingerprint density at radius 3 is 2.69 bits per heavy atom. The minimum absolute atomic E-state index is 0.110. The largest absolute Gasteiger partial charge is 0.350 e. The summed E-state index contributed by atoms with van der Waals surface area (Å²) in [6.45, 7) is 2.87. The summed E-state index contributed by atoms with van der Waals surface area (Å²) in [5.74, 6) is -0.150. The van der Waals surface area contributed by atoms with Crippen molar-refractivity contribution in [2.45, 2.75) is 26.6 Å². The van der Waals surface area contributed by atoms with E-state index in [1.54, 1.807) is 22.4 Å². The van der Waals surface area contributed by atoms with E-state index in [1.165, 1.54) is 4.68 Å². The molecule has 3 heterocycles. The fraction of sp³-hybridized carbons (Fsp3) is 0.160. The van der Waals surface area contributed by atoms with Crippen LogP contribution in [0.5, 0.6) is 0 Å². The average molecular weight is 443 g/mol. The van der Waals surface area contributed by atoms with Gasteiger partial charge in [0.05, 0.1) is 12.7 Å². The van der Waals surface area contributed by atoms with E-state index in [2.05, 4.69) is 10.1 Å². The number of nitrogens with zero attached hydrogens (tertiary/aromatic N) is 3. The summed E-state index contributed by atoms with van der Waals surface area (Å²) in [5, 5.41) is 8.06. The maximum absolute atomic E-state index is 13.3. The van der Waals surface area contributed by atoms with E-state index in [1.807, 2.05) is 73.0 Å². The van der Waals surface area contributed by atoms with Crippen molar-refractivity contribution in [3.05, 3.63) is 98.6 Å². The number of amides is 1. The van der Waals surface area contributed by atoms with Gasteiger partial charge in [0.25, 0.3) is 5.56 Å². The van der Waals surface area contributed by atoms with Crippen molar-refractivity contribution in [2.24, 2.45) is 0 Å². The number of aromatic nitrogens is 3. The molecule has 32 heavy (non-hydrogen) atoms. The number of rotatable bonds is 6. The molecule has 3 aromatic heterocycles. The van der Waals surface area contributed by atoms with Crippen molar-refractivity contribution in [3.63, 3.8) is 0 Å². The van der Waals surface area contributed by atoms with Gasteiger partial charge in [-0.3, -0.25) is 9.59 Å². The molecule has 0 saturated carbocycles. The Balaban J connectivity index is 1.46. The van der Waals surface area contributed by atoms with E-state index in [-0.39, 0.29) is 18.0 Å². The number of fused-ring (bicyclic) bond motifs is 3. The molecule has 5 rings (SSSR count). The van der Waals surface area contributed by atoms with Crippen LogP contribution in [0.4, 0.5) is 0 Å². The molecule has 0 aliphatic heterocycles. The van der Waals surface area contributed by atoms with E-state index >= 15 is 0 Å². The second-order valence-corrected chi connectivity index (χ2v) is 8.92. The molecule has 5 aromatic rings. The molecule has 7 heteroatoms. The second kappa shape index (κ2) is 8.43. The summed E-state index contributed by atoms with van der Waals surface area (Å²) in [5.41, 5.74) is 3.22. The Morgan fingerprint density at radius 2 is 1.91 bits per heavy atom. The SMILES string of the molecule is Cc1ccc2[nH]c3c(=O)n(CC(=O)N(Cc4ccccc4)Cc4cccs4)ncc3c2c1. The van der Waals surface area contributed by atoms with Gasteiger partial charge in [0.1, 0.15) is 12.1 Å². The Bertz CT molecular complexity index is 1450. The molecule has 0 fully saturated rings. The molecule has 6 nitrogen and oxygen atoms in total. The molecule has 0 aliphatic rings. The molecule has 0 spiro atoms. The van der Waals surface area contributed by atoms with Crippen LogP contribution in [-0.2, 0) is 24.4 Å². The van der Waals surface area contributed by atoms with Crippen LogP contribution in [0, 0.1) is 6.92 Å². The molecule has 0 unspecified atom stereocenters. The Kier molecular flexibility index (Phi) is 5.33. The van der Waals surface area contributed by atoms with Crippen LogP contribution in [0.3, 0.4) is 0 Å². The van der Waals surface area contributed by atoms with Crippen LogP contribution in [0.15, 0.2) is 77.0 Å². The molecule has 1 amide bonds. The highest BCUT2D eigenvalue weighted by atomic mass is 32.1. The van der Waals surface area contributed by atoms with E-state index in [0.29, 0.717) is 18.6 Å². The van der Waals surface area contributed by atoms with Gasteiger partial charge in [-0.15, -0.1) is 11.3 Å². The number of hydrogen-bond donors (Lipinski definition) is 1. The van der Waals surface area contributed by atoms with Crippen molar-refractivity contribution in [3.8, 4) is 0 Å². The minimum atomic E-state index is -0.291. The number of benzene rings is 2. The Hall–Kier alpha value is -3.71. The van der Waals surface area contributed by atoms with Crippen molar-refractivity contribution in [1.82, 2.24) is 19.7 Å². The van der Waals surface area contributed by atoms with Crippen molar-refractivity contribution >= 4 is 39.0 Å². The lowest BCUT2D eigenvalue weighted by Crippen LogP contribution is -2.36. The normalized spacial score (nSPS) is 11.3. The Morgan fingerprint density at radius 1 is 1.06 bits per heavy atom. The zero-order chi connectivity index (χ0) is 22.1. The summed E-state index contributed by atoms with van der Waals surface area (Å²) in [7, 11) is 0. The lowest BCUT2D eigenvalue weighted by Gasteiger charge is -2.22. The predicted molar refractivity (Wildman–Crippen MR) is 128 cm³/mol. The van der Waals surface area contributed by atoms with E-state index in [4.69, 9.17) is 0 Å². The Labute approximate surface area is 188 Å². The van der Waals surface area contributed by atoms with Crippen LogP contribution in [0.1, 0.15) is 16.0 Å².